The summed E-state index contributed by atoms with van der Waals surface area (Å²) in [5, 5.41) is 0.800. The highest BCUT2D eigenvalue weighted by molar-refractivity contribution is 5.83. The van der Waals surface area contributed by atoms with Gasteiger partial charge in [0.15, 0.2) is 5.78 Å². The zero-order valence-electron chi connectivity index (χ0n) is 12.0. The molecule has 0 saturated heterocycles. The van der Waals surface area contributed by atoms with E-state index in [0.29, 0.717) is 16.9 Å². The maximum Gasteiger partial charge on any atom is 0.344 e. The summed E-state index contributed by atoms with van der Waals surface area (Å²) in [6, 6.07) is 16.3. The fourth-order valence-corrected chi connectivity index (χ4v) is 2.19. The first-order valence-corrected chi connectivity index (χ1v) is 6.89. The summed E-state index contributed by atoms with van der Waals surface area (Å²) in [5.74, 6) is 0.430. The quantitative estimate of drug-likeness (QED) is 0.692. The first kappa shape index (κ1) is 14.1. The van der Waals surface area contributed by atoms with Crippen molar-refractivity contribution in [1.29, 1.82) is 0 Å². The molecule has 4 nitrogen and oxygen atoms in total. The van der Waals surface area contributed by atoms with Crippen LogP contribution in [0.2, 0.25) is 0 Å². The summed E-state index contributed by atoms with van der Waals surface area (Å²) < 4.78 is 10.7. The normalized spacial score (nSPS) is 10.6. The van der Waals surface area contributed by atoms with Crippen molar-refractivity contribution < 1.29 is 13.9 Å². The predicted molar refractivity (Wildman–Crippen MR) is 84.1 cm³/mol. The molecule has 0 aliphatic rings. The van der Waals surface area contributed by atoms with Gasteiger partial charge in [0, 0.05) is 11.5 Å². The molecule has 3 aromatic rings. The van der Waals surface area contributed by atoms with E-state index in [2.05, 4.69) is 0 Å². The summed E-state index contributed by atoms with van der Waals surface area (Å²) in [6.45, 7) is 1.45. The number of hydrogen-bond donors (Lipinski definition) is 0. The average Bonchev–Trinajstić information content (AvgIpc) is 2.53. The van der Waals surface area contributed by atoms with Gasteiger partial charge in [-0.05, 0) is 30.7 Å². The number of ketones is 1. The molecule has 0 aliphatic carbocycles. The topological polar surface area (TPSA) is 56.5 Å². The lowest BCUT2D eigenvalue weighted by Crippen LogP contribution is -2.06. The summed E-state index contributed by atoms with van der Waals surface area (Å²) in [5.41, 5.74) is 1.37. The predicted octanol–water partition coefficient (Wildman–Crippen LogP) is 3.43. The minimum absolute atomic E-state index is 0.00215. The van der Waals surface area contributed by atoms with E-state index in [-0.39, 0.29) is 12.4 Å². The maximum absolute atomic E-state index is 12.1. The van der Waals surface area contributed by atoms with E-state index in [1.54, 1.807) is 24.3 Å². The van der Waals surface area contributed by atoms with Crippen LogP contribution in [-0.2, 0) is 4.79 Å². The molecule has 1 aromatic heterocycles. The van der Waals surface area contributed by atoms with Gasteiger partial charge in [-0.15, -0.1) is 0 Å². The first-order chi connectivity index (χ1) is 10.6. The monoisotopic (exact) mass is 294 g/mol. The second kappa shape index (κ2) is 5.85. The fraction of sp³-hybridized carbons (Fsp3) is 0.111. The molecule has 0 bridgehead atoms. The standard InChI is InChI=1S/C18H14O4/c1-12(19)11-21-15-8-7-14-9-16(13-5-3-2-4-6-13)18(20)22-17(14)10-15/h2-10H,11H2,1H3. The number of hydrogen-bond acceptors (Lipinski definition) is 4. The molecular weight excluding hydrogens is 280 g/mol. The van der Waals surface area contributed by atoms with E-state index in [1.807, 2.05) is 30.3 Å². The molecule has 1 heterocycles. The first-order valence-electron chi connectivity index (χ1n) is 6.89. The van der Waals surface area contributed by atoms with Crippen molar-refractivity contribution in [1.82, 2.24) is 0 Å². The minimum atomic E-state index is -0.401. The van der Waals surface area contributed by atoms with Gasteiger partial charge in [-0.2, -0.15) is 0 Å². The number of carbonyl (C=O) groups excluding carboxylic acids is 1. The van der Waals surface area contributed by atoms with Crippen molar-refractivity contribution in [2.24, 2.45) is 0 Å². The molecule has 0 aliphatic heterocycles. The van der Waals surface area contributed by atoms with Gasteiger partial charge < -0.3 is 9.15 Å². The Kier molecular flexibility index (Phi) is 3.74. The van der Waals surface area contributed by atoms with Gasteiger partial charge in [0.2, 0.25) is 0 Å². The molecule has 2 aromatic carbocycles. The van der Waals surface area contributed by atoms with E-state index in [0.717, 1.165) is 10.9 Å². The average molecular weight is 294 g/mol. The van der Waals surface area contributed by atoms with Gasteiger partial charge in [0.1, 0.15) is 17.9 Å². The third-order valence-corrected chi connectivity index (χ3v) is 3.23. The molecule has 0 N–H and O–H groups in total. The second-order valence-corrected chi connectivity index (χ2v) is 5.00. The van der Waals surface area contributed by atoms with Crippen LogP contribution in [-0.4, -0.2) is 12.4 Å². The van der Waals surface area contributed by atoms with Gasteiger partial charge in [-0.25, -0.2) is 4.79 Å². The number of rotatable bonds is 4. The minimum Gasteiger partial charge on any atom is -0.486 e. The lowest BCUT2D eigenvalue weighted by atomic mass is 10.1. The van der Waals surface area contributed by atoms with Gasteiger partial charge in [-0.1, -0.05) is 30.3 Å². The highest BCUT2D eigenvalue weighted by Crippen LogP contribution is 2.24. The van der Waals surface area contributed by atoms with Crippen LogP contribution < -0.4 is 10.4 Å². The van der Waals surface area contributed by atoms with Crippen LogP contribution in [0, 0.1) is 0 Å². The Morgan fingerprint density at radius 2 is 1.86 bits per heavy atom. The summed E-state index contributed by atoms with van der Waals surface area (Å²) in [4.78, 5) is 23.1. The smallest absolute Gasteiger partial charge is 0.344 e. The van der Waals surface area contributed by atoms with Crippen LogP contribution in [0.1, 0.15) is 6.92 Å². The number of Topliss-reactive ketones (excluding diaryl/α,β-unsaturated/α-hetero) is 1. The summed E-state index contributed by atoms with van der Waals surface area (Å²) in [6.07, 6.45) is 0. The van der Waals surface area contributed by atoms with Gasteiger partial charge in [-0.3, -0.25) is 4.79 Å². The molecule has 0 saturated carbocycles. The van der Waals surface area contributed by atoms with Gasteiger partial charge in [0.05, 0.1) is 5.56 Å². The molecule has 0 fully saturated rings. The van der Waals surface area contributed by atoms with Crippen LogP contribution in [0.25, 0.3) is 22.1 Å². The Balaban J connectivity index is 2.03. The molecule has 22 heavy (non-hydrogen) atoms. The molecule has 0 atom stereocenters. The lowest BCUT2D eigenvalue weighted by molar-refractivity contribution is -0.118. The van der Waals surface area contributed by atoms with Crippen LogP contribution in [0.3, 0.4) is 0 Å². The molecule has 0 unspecified atom stereocenters. The second-order valence-electron chi connectivity index (χ2n) is 5.00. The van der Waals surface area contributed by atoms with Crippen molar-refractivity contribution in [2.75, 3.05) is 6.61 Å². The molecule has 4 heteroatoms. The van der Waals surface area contributed by atoms with Gasteiger partial charge >= 0.3 is 5.63 Å². The zero-order chi connectivity index (χ0) is 15.5. The molecular formula is C18H14O4. The van der Waals surface area contributed by atoms with Crippen LogP contribution in [0.5, 0.6) is 5.75 Å². The third kappa shape index (κ3) is 2.91. The molecule has 110 valence electrons. The van der Waals surface area contributed by atoms with Crippen LogP contribution in [0.4, 0.5) is 0 Å². The lowest BCUT2D eigenvalue weighted by Gasteiger charge is -2.06. The van der Waals surface area contributed by atoms with Crippen molar-refractivity contribution in [3.05, 3.63) is 65.0 Å². The highest BCUT2D eigenvalue weighted by atomic mass is 16.5. The largest absolute Gasteiger partial charge is 0.486 e. The maximum atomic E-state index is 12.1. The van der Waals surface area contributed by atoms with Crippen molar-refractivity contribution in [2.45, 2.75) is 6.92 Å². The van der Waals surface area contributed by atoms with Crippen molar-refractivity contribution >= 4 is 16.8 Å². The number of carbonyl (C=O) groups is 1. The Labute approximate surface area is 127 Å². The van der Waals surface area contributed by atoms with E-state index in [9.17, 15) is 9.59 Å². The summed E-state index contributed by atoms with van der Waals surface area (Å²) >= 11 is 0. The number of fused-ring (bicyclic) bond motifs is 1. The van der Waals surface area contributed by atoms with Crippen molar-refractivity contribution in [3.8, 4) is 16.9 Å². The fourth-order valence-electron chi connectivity index (χ4n) is 2.19. The van der Waals surface area contributed by atoms with E-state index >= 15 is 0 Å². The SMILES string of the molecule is CC(=O)COc1ccc2cc(-c3ccccc3)c(=O)oc2c1. The Bertz CT molecular complexity index is 878. The van der Waals surface area contributed by atoms with Crippen LogP contribution >= 0.6 is 0 Å². The Morgan fingerprint density at radius 1 is 1.09 bits per heavy atom. The van der Waals surface area contributed by atoms with E-state index in [4.69, 9.17) is 9.15 Å². The zero-order valence-corrected chi connectivity index (χ0v) is 12.0. The van der Waals surface area contributed by atoms with Crippen LogP contribution in [0.15, 0.2) is 63.8 Å². The third-order valence-electron chi connectivity index (χ3n) is 3.23. The Hall–Kier alpha value is -2.88. The molecule has 3 rings (SSSR count). The molecule has 0 spiro atoms. The van der Waals surface area contributed by atoms with E-state index < -0.39 is 5.63 Å². The van der Waals surface area contributed by atoms with Crippen molar-refractivity contribution in [3.63, 3.8) is 0 Å². The highest BCUT2D eigenvalue weighted by Gasteiger charge is 2.08. The summed E-state index contributed by atoms with van der Waals surface area (Å²) in [7, 11) is 0. The van der Waals surface area contributed by atoms with Gasteiger partial charge in [0.25, 0.3) is 0 Å². The molecule has 0 radical (unpaired) electrons. The van der Waals surface area contributed by atoms with E-state index in [1.165, 1.54) is 6.92 Å². The number of ether oxygens (including phenoxy) is 1. The molecule has 0 amide bonds. The number of benzene rings is 2. The Morgan fingerprint density at radius 3 is 2.59 bits per heavy atom.